The van der Waals surface area contributed by atoms with Crippen LogP contribution in [0.3, 0.4) is 0 Å². The predicted octanol–water partition coefficient (Wildman–Crippen LogP) is 3.17. The molecule has 1 N–H and O–H groups in total. The molecule has 4 aromatic heterocycles. The van der Waals surface area contributed by atoms with Crippen LogP contribution in [0.2, 0.25) is 0 Å². The van der Waals surface area contributed by atoms with E-state index >= 15 is 0 Å². The van der Waals surface area contributed by atoms with E-state index in [2.05, 4.69) is 25.4 Å². The average Bonchev–Trinajstić information content (AvgIpc) is 3.33. The number of imidazole rings is 1. The van der Waals surface area contributed by atoms with Gasteiger partial charge in [0.1, 0.15) is 5.82 Å². The Kier molecular flexibility index (Phi) is 3.83. The standard InChI is InChI=1S/C21H17N7O/c1-27-12-23-18-7-13(4-6-19(18)27)21(29)26-20-8-17-14(9-22-20)3-5-16(25-17)15-10-24-28(2)11-15/h3-12H,1-2H3,(H,22,26,29). The largest absolute Gasteiger partial charge is 0.334 e. The molecule has 0 saturated carbocycles. The van der Waals surface area contributed by atoms with Crippen molar-refractivity contribution in [2.24, 2.45) is 14.1 Å². The topological polar surface area (TPSA) is 90.5 Å². The fraction of sp³-hybridized carbons (Fsp3) is 0.0952. The van der Waals surface area contributed by atoms with Crippen molar-refractivity contribution in [3.8, 4) is 11.3 Å². The number of nitrogens with zero attached hydrogens (tertiary/aromatic N) is 6. The van der Waals surface area contributed by atoms with Crippen LogP contribution >= 0.6 is 0 Å². The van der Waals surface area contributed by atoms with Gasteiger partial charge in [0.25, 0.3) is 5.91 Å². The fourth-order valence-electron chi connectivity index (χ4n) is 3.26. The lowest BCUT2D eigenvalue weighted by Crippen LogP contribution is -2.13. The van der Waals surface area contributed by atoms with Crippen LogP contribution in [-0.2, 0) is 14.1 Å². The van der Waals surface area contributed by atoms with E-state index in [-0.39, 0.29) is 5.91 Å². The molecule has 8 heteroatoms. The highest BCUT2D eigenvalue weighted by Gasteiger charge is 2.11. The molecule has 0 atom stereocenters. The molecule has 0 unspecified atom stereocenters. The van der Waals surface area contributed by atoms with Gasteiger partial charge in [-0.3, -0.25) is 9.48 Å². The van der Waals surface area contributed by atoms with Crippen LogP contribution in [0.1, 0.15) is 10.4 Å². The van der Waals surface area contributed by atoms with E-state index in [9.17, 15) is 4.79 Å². The van der Waals surface area contributed by atoms with Gasteiger partial charge in [-0.2, -0.15) is 5.10 Å². The molecule has 0 radical (unpaired) electrons. The second-order valence-corrected chi connectivity index (χ2v) is 6.87. The Bertz CT molecular complexity index is 1380. The van der Waals surface area contributed by atoms with Crippen LogP contribution in [0.5, 0.6) is 0 Å². The second kappa shape index (κ2) is 6.52. The molecular formula is C21H17N7O. The molecule has 0 aliphatic heterocycles. The van der Waals surface area contributed by atoms with Gasteiger partial charge >= 0.3 is 0 Å². The summed E-state index contributed by atoms with van der Waals surface area (Å²) < 4.78 is 3.64. The summed E-state index contributed by atoms with van der Waals surface area (Å²) in [4.78, 5) is 26.0. The number of carbonyl (C=O) groups excluding carboxylic acids is 1. The first-order valence-corrected chi connectivity index (χ1v) is 9.05. The molecule has 4 heterocycles. The zero-order valence-electron chi connectivity index (χ0n) is 15.9. The Balaban J connectivity index is 1.45. The summed E-state index contributed by atoms with van der Waals surface area (Å²) in [5.41, 5.74) is 4.76. The van der Waals surface area contributed by atoms with Gasteiger partial charge in [0, 0.05) is 49.1 Å². The monoisotopic (exact) mass is 383 g/mol. The number of nitrogens with one attached hydrogen (secondary N) is 1. The molecule has 0 spiro atoms. The summed E-state index contributed by atoms with van der Waals surface area (Å²) in [6.07, 6.45) is 7.10. The van der Waals surface area contributed by atoms with E-state index in [1.165, 1.54) is 0 Å². The number of hydrogen-bond acceptors (Lipinski definition) is 5. The SMILES string of the molecule is Cn1cc(-c2ccc3cnc(NC(=O)c4ccc5c(c4)ncn5C)cc3n2)cn1. The number of carbonyl (C=O) groups is 1. The number of pyridine rings is 2. The maximum Gasteiger partial charge on any atom is 0.256 e. The van der Waals surface area contributed by atoms with Crippen LogP contribution in [0.15, 0.2) is 61.3 Å². The molecule has 5 aromatic rings. The van der Waals surface area contributed by atoms with Crippen LogP contribution in [0.4, 0.5) is 5.82 Å². The minimum Gasteiger partial charge on any atom is -0.334 e. The third kappa shape index (κ3) is 3.10. The van der Waals surface area contributed by atoms with E-state index in [0.29, 0.717) is 11.4 Å². The van der Waals surface area contributed by atoms with E-state index in [0.717, 1.165) is 33.2 Å². The van der Waals surface area contributed by atoms with Gasteiger partial charge < -0.3 is 9.88 Å². The highest BCUT2D eigenvalue weighted by molar-refractivity contribution is 6.06. The van der Waals surface area contributed by atoms with Crippen LogP contribution in [0, 0.1) is 0 Å². The third-order valence-corrected chi connectivity index (χ3v) is 4.80. The molecule has 0 bridgehead atoms. The van der Waals surface area contributed by atoms with Gasteiger partial charge in [0.15, 0.2) is 0 Å². The average molecular weight is 383 g/mol. The summed E-state index contributed by atoms with van der Waals surface area (Å²) in [7, 11) is 3.78. The summed E-state index contributed by atoms with van der Waals surface area (Å²) in [6.45, 7) is 0. The smallest absolute Gasteiger partial charge is 0.256 e. The number of aromatic nitrogens is 6. The highest BCUT2D eigenvalue weighted by atomic mass is 16.1. The Labute approximate surface area is 165 Å². The lowest BCUT2D eigenvalue weighted by molar-refractivity contribution is 0.102. The van der Waals surface area contributed by atoms with E-state index < -0.39 is 0 Å². The van der Waals surface area contributed by atoms with Gasteiger partial charge in [-0.25, -0.2) is 15.0 Å². The molecule has 1 amide bonds. The van der Waals surface area contributed by atoms with Gasteiger partial charge in [-0.15, -0.1) is 0 Å². The van der Waals surface area contributed by atoms with Crippen molar-refractivity contribution in [1.82, 2.24) is 29.3 Å². The summed E-state index contributed by atoms with van der Waals surface area (Å²) in [5, 5.41) is 7.93. The van der Waals surface area contributed by atoms with Crippen molar-refractivity contribution >= 4 is 33.7 Å². The number of aryl methyl sites for hydroxylation is 2. The number of rotatable bonds is 3. The van der Waals surface area contributed by atoms with E-state index in [1.807, 2.05) is 43.1 Å². The Morgan fingerprint density at radius 2 is 1.90 bits per heavy atom. The van der Waals surface area contributed by atoms with Gasteiger partial charge in [0.2, 0.25) is 0 Å². The lowest BCUT2D eigenvalue weighted by atomic mass is 10.1. The van der Waals surface area contributed by atoms with Crippen molar-refractivity contribution in [3.63, 3.8) is 0 Å². The molecular weight excluding hydrogens is 366 g/mol. The molecule has 0 aliphatic rings. The Morgan fingerprint density at radius 3 is 2.72 bits per heavy atom. The van der Waals surface area contributed by atoms with Crippen molar-refractivity contribution in [2.45, 2.75) is 0 Å². The fourth-order valence-corrected chi connectivity index (χ4v) is 3.26. The van der Waals surface area contributed by atoms with Gasteiger partial charge in [-0.1, -0.05) is 0 Å². The molecule has 29 heavy (non-hydrogen) atoms. The molecule has 0 fully saturated rings. The van der Waals surface area contributed by atoms with Crippen LogP contribution < -0.4 is 5.32 Å². The van der Waals surface area contributed by atoms with Crippen LogP contribution in [0.25, 0.3) is 33.2 Å². The molecule has 5 rings (SSSR count). The molecule has 0 aliphatic carbocycles. The Hall–Kier alpha value is -4.07. The second-order valence-electron chi connectivity index (χ2n) is 6.87. The molecule has 142 valence electrons. The first-order valence-electron chi connectivity index (χ1n) is 9.05. The summed E-state index contributed by atoms with van der Waals surface area (Å²) in [5.74, 6) is 0.201. The normalized spacial score (nSPS) is 11.2. The molecule has 1 aromatic carbocycles. The first-order chi connectivity index (χ1) is 14.1. The number of fused-ring (bicyclic) bond motifs is 2. The summed E-state index contributed by atoms with van der Waals surface area (Å²) in [6, 6.07) is 11.1. The quantitative estimate of drug-likeness (QED) is 0.517. The van der Waals surface area contributed by atoms with Crippen LogP contribution in [-0.4, -0.2) is 35.2 Å². The van der Waals surface area contributed by atoms with Crippen molar-refractivity contribution in [2.75, 3.05) is 5.32 Å². The number of anilines is 1. The maximum absolute atomic E-state index is 12.7. The van der Waals surface area contributed by atoms with Crippen molar-refractivity contribution in [1.29, 1.82) is 0 Å². The number of amides is 1. The summed E-state index contributed by atoms with van der Waals surface area (Å²) >= 11 is 0. The molecule has 8 nitrogen and oxygen atoms in total. The Morgan fingerprint density at radius 1 is 1.00 bits per heavy atom. The maximum atomic E-state index is 12.7. The zero-order valence-corrected chi connectivity index (χ0v) is 15.9. The van der Waals surface area contributed by atoms with Crippen molar-refractivity contribution in [3.05, 3.63) is 66.9 Å². The van der Waals surface area contributed by atoms with Gasteiger partial charge in [0.05, 0.1) is 34.8 Å². The lowest BCUT2D eigenvalue weighted by Gasteiger charge is -2.07. The van der Waals surface area contributed by atoms with E-state index in [1.54, 1.807) is 41.6 Å². The highest BCUT2D eigenvalue weighted by Crippen LogP contribution is 2.22. The van der Waals surface area contributed by atoms with Gasteiger partial charge in [-0.05, 0) is 30.3 Å². The minimum atomic E-state index is -0.243. The van der Waals surface area contributed by atoms with Crippen molar-refractivity contribution < 1.29 is 4.79 Å². The number of hydrogen-bond donors (Lipinski definition) is 1. The first kappa shape index (κ1) is 17.1. The minimum absolute atomic E-state index is 0.243. The molecule has 0 saturated heterocycles. The van der Waals surface area contributed by atoms with E-state index in [4.69, 9.17) is 0 Å². The predicted molar refractivity (Wildman–Crippen MR) is 110 cm³/mol. The zero-order chi connectivity index (χ0) is 20.0. The third-order valence-electron chi connectivity index (χ3n) is 4.80. The number of benzene rings is 1.